The van der Waals surface area contributed by atoms with Crippen LogP contribution in [-0.4, -0.2) is 11.1 Å². The first-order chi connectivity index (χ1) is 8.97. The quantitative estimate of drug-likeness (QED) is 0.883. The molecule has 100 valence electrons. The van der Waals surface area contributed by atoms with Crippen molar-refractivity contribution in [1.29, 1.82) is 0 Å². The molecule has 3 heteroatoms. The van der Waals surface area contributed by atoms with E-state index < -0.39 is 5.97 Å². The minimum Gasteiger partial charge on any atom is -0.477 e. The van der Waals surface area contributed by atoms with Crippen LogP contribution in [0.4, 0.5) is 0 Å². The van der Waals surface area contributed by atoms with Crippen LogP contribution in [0.2, 0.25) is 0 Å². The summed E-state index contributed by atoms with van der Waals surface area (Å²) in [7, 11) is 0. The van der Waals surface area contributed by atoms with Gasteiger partial charge in [0.25, 0.3) is 0 Å². The Hall–Kier alpha value is -1.61. The number of thiophene rings is 1. The van der Waals surface area contributed by atoms with Gasteiger partial charge in [0.2, 0.25) is 0 Å². The summed E-state index contributed by atoms with van der Waals surface area (Å²) in [6, 6.07) is 10.2. The van der Waals surface area contributed by atoms with Gasteiger partial charge in [0.05, 0.1) is 0 Å². The molecule has 2 aromatic rings. The topological polar surface area (TPSA) is 37.3 Å². The minimum absolute atomic E-state index is 0.402. The summed E-state index contributed by atoms with van der Waals surface area (Å²) in [6.45, 7) is 6.38. The van der Waals surface area contributed by atoms with Crippen LogP contribution in [-0.2, 0) is 6.42 Å². The molecule has 1 heterocycles. The highest BCUT2D eigenvalue weighted by Gasteiger charge is 2.12. The Morgan fingerprint density at radius 3 is 2.37 bits per heavy atom. The van der Waals surface area contributed by atoms with Crippen LogP contribution in [0.25, 0.3) is 11.1 Å². The molecule has 0 aliphatic carbocycles. The van der Waals surface area contributed by atoms with Crippen molar-refractivity contribution in [2.75, 3.05) is 0 Å². The molecular formula is C16H18O2S. The molecule has 1 aromatic carbocycles. The highest BCUT2D eigenvalue weighted by molar-refractivity contribution is 7.14. The van der Waals surface area contributed by atoms with Gasteiger partial charge < -0.3 is 5.11 Å². The molecular weight excluding hydrogens is 256 g/mol. The lowest BCUT2D eigenvalue weighted by Gasteiger charge is -2.06. The van der Waals surface area contributed by atoms with Gasteiger partial charge in [-0.3, -0.25) is 0 Å². The van der Waals surface area contributed by atoms with Crippen molar-refractivity contribution in [3.05, 3.63) is 45.6 Å². The van der Waals surface area contributed by atoms with Gasteiger partial charge in [-0.2, -0.15) is 0 Å². The van der Waals surface area contributed by atoms with Gasteiger partial charge in [0.1, 0.15) is 4.88 Å². The van der Waals surface area contributed by atoms with E-state index >= 15 is 0 Å². The third-order valence-electron chi connectivity index (χ3n) is 3.04. The van der Waals surface area contributed by atoms with E-state index in [2.05, 4.69) is 38.1 Å². The molecule has 0 saturated heterocycles. The molecule has 1 aromatic heterocycles. The summed E-state index contributed by atoms with van der Waals surface area (Å²) >= 11 is 1.33. The number of aromatic carboxylic acids is 1. The molecule has 0 aliphatic rings. The second-order valence-corrected chi connectivity index (χ2v) is 6.44. The SMILES string of the molecule is Cc1sc(C(=O)O)cc1-c1ccc(CC(C)C)cc1. The maximum atomic E-state index is 11.0. The predicted molar refractivity (Wildman–Crippen MR) is 80.0 cm³/mol. The number of benzene rings is 1. The molecule has 0 fully saturated rings. The maximum absolute atomic E-state index is 11.0. The molecule has 2 rings (SSSR count). The standard InChI is InChI=1S/C16H18O2S/c1-10(2)8-12-4-6-13(7-5-12)14-9-15(16(17)18)19-11(14)3/h4-7,9-10H,8H2,1-3H3,(H,17,18). The molecule has 0 amide bonds. The molecule has 0 unspecified atom stereocenters. The lowest BCUT2D eigenvalue weighted by atomic mass is 9.99. The molecule has 0 saturated carbocycles. The largest absolute Gasteiger partial charge is 0.477 e. The van der Waals surface area contributed by atoms with E-state index in [0.717, 1.165) is 22.4 Å². The lowest BCUT2D eigenvalue weighted by Crippen LogP contribution is -1.93. The number of carboxylic acids is 1. The highest BCUT2D eigenvalue weighted by atomic mass is 32.1. The Morgan fingerprint density at radius 2 is 1.89 bits per heavy atom. The van der Waals surface area contributed by atoms with E-state index in [1.165, 1.54) is 16.9 Å². The number of carboxylic acid groups (broad SMARTS) is 1. The van der Waals surface area contributed by atoms with E-state index in [1.807, 2.05) is 6.92 Å². The zero-order chi connectivity index (χ0) is 14.0. The van der Waals surface area contributed by atoms with Crippen LogP contribution in [0.15, 0.2) is 30.3 Å². The van der Waals surface area contributed by atoms with Gasteiger partial charge in [0.15, 0.2) is 0 Å². The average Bonchev–Trinajstić information content (AvgIpc) is 2.72. The van der Waals surface area contributed by atoms with Crippen LogP contribution in [0, 0.1) is 12.8 Å². The molecule has 0 bridgehead atoms. The Labute approximate surface area is 117 Å². The van der Waals surface area contributed by atoms with Crippen molar-refractivity contribution in [1.82, 2.24) is 0 Å². The first kappa shape index (κ1) is 13.8. The number of rotatable bonds is 4. The van der Waals surface area contributed by atoms with Crippen LogP contribution in [0.3, 0.4) is 0 Å². The van der Waals surface area contributed by atoms with Crippen LogP contribution in [0.1, 0.15) is 34.0 Å². The fraction of sp³-hybridized carbons (Fsp3) is 0.312. The third-order valence-corrected chi connectivity index (χ3v) is 4.08. The Morgan fingerprint density at radius 1 is 1.26 bits per heavy atom. The molecule has 19 heavy (non-hydrogen) atoms. The van der Waals surface area contributed by atoms with Gasteiger partial charge in [-0.1, -0.05) is 38.1 Å². The number of hydrogen-bond donors (Lipinski definition) is 1. The lowest BCUT2D eigenvalue weighted by molar-refractivity contribution is 0.0702. The Bertz CT molecular complexity index is 579. The minimum atomic E-state index is -0.851. The fourth-order valence-corrected chi connectivity index (χ4v) is 3.05. The first-order valence-electron chi connectivity index (χ1n) is 6.40. The van der Waals surface area contributed by atoms with Crippen molar-refractivity contribution in [3.8, 4) is 11.1 Å². The van der Waals surface area contributed by atoms with Gasteiger partial charge in [0, 0.05) is 4.88 Å². The van der Waals surface area contributed by atoms with Crippen molar-refractivity contribution >= 4 is 17.3 Å². The van der Waals surface area contributed by atoms with E-state index in [9.17, 15) is 4.79 Å². The summed E-state index contributed by atoms with van der Waals surface area (Å²) in [5, 5.41) is 9.02. The average molecular weight is 274 g/mol. The summed E-state index contributed by atoms with van der Waals surface area (Å²) < 4.78 is 0. The zero-order valence-corrected chi connectivity index (χ0v) is 12.3. The van der Waals surface area contributed by atoms with Gasteiger partial charge in [-0.25, -0.2) is 4.79 Å². The Kier molecular flexibility index (Phi) is 4.05. The molecule has 2 nitrogen and oxygen atoms in total. The van der Waals surface area contributed by atoms with E-state index in [0.29, 0.717) is 10.8 Å². The summed E-state index contributed by atoms with van der Waals surface area (Å²) in [4.78, 5) is 12.4. The number of aryl methyl sites for hydroxylation is 1. The van der Waals surface area contributed by atoms with Gasteiger partial charge in [-0.05, 0) is 42.0 Å². The van der Waals surface area contributed by atoms with E-state index in [-0.39, 0.29) is 0 Å². The summed E-state index contributed by atoms with van der Waals surface area (Å²) in [6.07, 6.45) is 1.07. The van der Waals surface area contributed by atoms with Crippen molar-refractivity contribution < 1.29 is 9.90 Å². The van der Waals surface area contributed by atoms with Crippen LogP contribution < -0.4 is 0 Å². The summed E-state index contributed by atoms with van der Waals surface area (Å²) in [5.41, 5.74) is 3.44. The second kappa shape index (κ2) is 5.57. The van der Waals surface area contributed by atoms with Gasteiger partial charge in [-0.15, -0.1) is 11.3 Å². The smallest absolute Gasteiger partial charge is 0.345 e. The molecule has 0 atom stereocenters. The van der Waals surface area contributed by atoms with Gasteiger partial charge >= 0.3 is 5.97 Å². The van der Waals surface area contributed by atoms with Crippen LogP contribution >= 0.6 is 11.3 Å². The highest BCUT2D eigenvalue weighted by Crippen LogP contribution is 2.31. The van der Waals surface area contributed by atoms with Crippen molar-refractivity contribution in [2.24, 2.45) is 5.92 Å². The molecule has 1 N–H and O–H groups in total. The third kappa shape index (κ3) is 3.24. The zero-order valence-electron chi connectivity index (χ0n) is 11.4. The maximum Gasteiger partial charge on any atom is 0.345 e. The second-order valence-electron chi connectivity index (χ2n) is 5.18. The van der Waals surface area contributed by atoms with E-state index in [1.54, 1.807) is 6.07 Å². The normalized spacial score (nSPS) is 10.9. The van der Waals surface area contributed by atoms with Crippen molar-refractivity contribution in [2.45, 2.75) is 27.2 Å². The fourth-order valence-electron chi connectivity index (χ4n) is 2.17. The number of carbonyl (C=O) groups is 1. The Balaban J connectivity index is 2.29. The first-order valence-corrected chi connectivity index (χ1v) is 7.22. The van der Waals surface area contributed by atoms with Crippen LogP contribution in [0.5, 0.6) is 0 Å². The van der Waals surface area contributed by atoms with E-state index in [4.69, 9.17) is 5.11 Å². The summed E-state index contributed by atoms with van der Waals surface area (Å²) in [5.74, 6) is -0.205. The monoisotopic (exact) mass is 274 g/mol. The molecule has 0 aliphatic heterocycles. The van der Waals surface area contributed by atoms with Crippen molar-refractivity contribution in [3.63, 3.8) is 0 Å². The molecule has 0 spiro atoms. The molecule has 0 radical (unpaired) electrons. The predicted octanol–water partition coefficient (Wildman–Crippen LogP) is 4.62. The number of hydrogen-bond acceptors (Lipinski definition) is 2.